The molecular formula is C19H21N5O2. The quantitative estimate of drug-likeness (QED) is 0.698. The molecule has 0 aliphatic heterocycles. The van der Waals surface area contributed by atoms with Crippen LogP contribution >= 0.6 is 0 Å². The van der Waals surface area contributed by atoms with Crippen molar-refractivity contribution in [3.8, 4) is 17.4 Å². The van der Waals surface area contributed by atoms with E-state index in [1.165, 1.54) is 0 Å². The first-order valence-corrected chi connectivity index (χ1v) is 8.58. The minimum atomic E-state index is 0.0239. The molecule has 0 fully saturated rings. The van der Waals surface area contributed by atoms with E-state index in [1.54, 1.807) is 41.1 Å². The molecule has 0 aliphatic rings. The highest BCUT2D eigenvalue weighted by Gasteiger charge is 2.05. The van der Waals surface area contributed by atoms with Crippen LogP contribution in [0.25, 0.3) is 5.82 Å². The van der Waals surface area contributed by atoms with Gasteiger partial charge in [0.1, 0.15) is 5.75 Å². The fourth-order valence-electron chi connectivity index (χ4n) is 2.32. The van der Waals surface area contributed by atoms with Crippen molar-refractivity contribution >= 4 is 11.6 Å². The van der Waals surface area contributed by atoms with Crippen molar-refractivity contribution in [1.29, 1.82) is 0 Å². The monoisotopic (exact) mass is 351 g/mol. The summed E-state index contributed by atoms with van der Waals surface area (Å²) in [5.41, 5.74) is 1.66. The molecule has 7 nitrogen and oxygen atoms in total. The minimum Gasteiger partial charge on any atom is -0.438 e. The van der Waals surface area contributed by atoms with Crippen LogP contribution in [0.3, 0.4) is 0 Å². The first-order valence-electron chi connectivity index (χ1n) is 8.58. The highest BCUT2D eigenvalue weighted by molar-refractivity contribution is 5.90. The number of benzene rings is 1. The molecule has 3 rings (SSSR count). The van der Waals surface area contributed by atoms with Crippen LogP contribution in [0, 0.1) is 6.92 Å². The molecule has 1 aromatic carbocycles. The molecule has 0 atom stereocenters. The molecular weight excluding hydrogens is 330 g/mol. The van der Waals surface area contributed by atoms with Crippen LogP contribution in [0.1, 0.15) is 31.9 Å². The number of hydrogen-bond acceptors (Lipinski definition) is 5. The Hall–Kier alpha value is -3.22. The van der Waals surface area contributed by atoms with Crippen LogP contribution in [0.5, 0.6) is 11.6 Å². The molecule has 2 aromatic heterocycles. The van der Waals surface area contributed by atoms with Gasteiger partial charge in [0.05, 0.1) is 5.69 Å². The molecule has 0 saturated heterocycles. The molecule has 1 N–H and O–H groups in total. The summed E-state index contributed by atoms with van der Waals surface area (Å²) >= 11 is 0. The van der Waals surface area contributed by atoms with Crippen LogP contribution in [0.15, 0.2) is 48.7 Å². The first kappa shape index (κ1) is 17.6. The van der Waals surface area contributed by atoms with E-state index in [-0.39, 0.29) is 5.91 Å². The number of aryl methyl sites for hydroxylation is 1. The van der Waals surface area contributed by atoms with Crippen molar-refractivity contribution < 1.29 is 9.53 Å². The Kier molecular flexibility index (Phi) is 5.58. The Morgan fingerprint density at radius 3 is 2.54 bits per heavy atom. The predicted octanol–water partition coefficient (Wildman–Crippen LogP) is 3.89. The Morgan fingerprint density at radius 2 is 1.92 bits per heavy atom. The van der Waals surface area contributed by atoms with E-state index in [1.807, 2.05) is 19.2 Å². The highest BCUT2D eigenvalue weighted by Crippen LogP contribution is 2.21. The molecule has 3 aromatic rings. The van der Waals surface area contributed by atoms with E-state index < -0.39 is 0 Å². The lowest BCUT2D eigenvalue weighted by atomic mass is 10.2. The van der Waals surface area contributed by atoms with Gasteiger partial charge in [0.15, 0.2) is 5.82 Å². The van der Waals surface area contributed by atoms with Gasteiger partial charge in [0, 0.05) is 24.4 Å². The number of amides is 1. The molecule has 0 spiro atoms. The predicted molar refractivity (Wildman–Crippen MR) is 98.6 cm³/mol. The number of carbonyl (C=O) groups excluding carboxylic acids is 1. The molecule has 134 valence electrons. The van der Waals surface area contributed by atoms with E-state index >= 15 is 0 Å². The van der Waals surface area contributed by atoms with E-state index in [2.05, 4.69) is 27.5 Å². The molecule has 0 radical (unpaired) electrons. The summed E-state index contributed by atoms with van der Waals surface area (Å²) in [6, 6.07) is 12.6. The number of nitrogens with one attached hydrogen (secondary N) is 1. The molecule has 2 heterocycles. The van der Waals surface area contributed by atoms with Crippen LogP contribution in [-0.2, 0) is 4.79 Å². The molecule has 1 amide bonds. The number of rotatable bonds is 7. The van der Waals surface area contributed by atoms with Gasteiger partial charge in [-0.3, -0.25) is 4.79 Å². The zero-order chi connectivity index (χ0) is 18.4. The zero-order valence-corrected chi connectivity index (χ0v) is 14.8. The summed E-state index contributed by atoms with van der Waals surface area (Å²) in [6.45, 7) is 3.97. The standard InChI is InChI=1S/C19H21N5O2/c1-3-4-5-18(25)20-15-6-8-16(9-7-15)26-19-11-10-17(21-22-19)24-13-12-14(2)23-24/h6-13H,3-5H2,1-2H3,(H,20,25). The average molecular weight is 351 g/mol. The Bertz CT molecular complexity index is 856. The van der Waals surface area contributed by atoms with Crippen LogP contribution < -0.4 is 10.1 Å². The minimum absolute atomic E-state index is 0.0239. The van der Waals surface area contributed by atoms with Crippen molar-refractivity contribution in [1.82, 2.24) is 20.0 Å². The maximum Gasteiger partial charge on any atom is 0.238 e. The van der Waals surface area contributed by atoms with Gasteiger partial charge >= 0.3 is 0 Å². The van der Waals surface area contributed by atoms with Crippen molar-refractivity contribution in [3.05, 3.63) is 54.4 Å². The summed E-state index contributed by atoms with van der Waals surface area (Å²) in [7, 11) is 0. The summed E-state index contributed by atoms with van der Waals surface area (Å²) in [5.74, 6) is 1.65. The number of aromatic nitrogens is 4. The number of nitrogens with zero attached hydrogens (tertiary/aromatic N) is 4. The second-order valence-electron chi connectivity index (χ2n) is 5.91. The molecule has 26 heavy (non-hydrogen) atoms. The summed E-state index contributed by atoms with van der Waals surface area (Å²) in [5, 5.41) is 15.3. The molecule has 0 saturated carbocycles. The maximum atomic E-state index is 11.7. The number of unbranched alkanes of at least 4 members (excludes halogenated alkanes) is 1. The van der Waals surface area contributed by atoms with E-state index in [0.29, 0.717) is 23.9 Å². The SMILES string of the molecule is CCCCC(=O)Nc1ccc(Oc2ccc(-n3ccc(C)n3)nn2)cc1. The molecule has 0 bridgehead atoms. The summed E-state index contributed by atoms with van der Waals surface area (Å²) in [6.07, 6.45) is 4.25. The van der Waals surface area contributed by atoms with Gasteiger partial charge in [0.25, 0.3) is 0 Å². The first-order chi connectivity index (χ1) is 12.6. The van der Waals surface area contributed by atoms with Crippen LogP contribution in [-0.4, -0.2) is 25.9 Å². The highest BCUT2D eigenvalue weighted by atomic mass is 16.5. The third-order valence-corrected chi connectivity index (χ3v) is 3.70. The molecule has 0 aliphatic carbocycles. The van der Waals surface area contributed by atoms with E-state index in [9.17, 15) is 4.79 Å². The van der Waals surface area contributed by atoms with Crippen LogP contribution in [0.2, 0.25) is 0 Å². The second-order valence-corrected chi connectivity index (χ2v) is 5.91. The van der Waals surface area contributed by atoms with Crippen molar-refractivity contribution in [3.63, 3.8) is 0 Å². The van der Waals surface area contributed by atoms with E-state index in [4.69, 9.17) is 4.74 Å². The smallest absolute Gasteiger partial charge is 0.238 e. The third kappa shape index (κ3) is 4.66. The number of anilines is 1. The van der Waals surface area contributed by atoms with Crippen molar-refractivity contribution in [2.24, 2.45) is 0 Å². The van der Waals surface area contributed by atoms with Gasteiger partial charge in [-0.15, -0.1) is 10.2 Å². The summed E-state index contributed by atoms with van der Waals surface area (Å²) < 4.78 is 7.34. The summed E-state index contributed by atoms with van der Waals surface area (Å²) in [4.78, 5) is 11.7. The van der Waals surface area contributed by atoms with Gasteiger partial charge in [0.2, 0.25) is 11.8 Å². The van der Waals surface area contributed by atoms with Gasteiger partial charge < -0.3 is 10.1 Å². The maximum absolute atomic E-state index is 11.7. The fraction of sp³-hybridized carbons (Fsp3) is 0.263. The number of carbonyl (C=O) groups is 1. The van der Waals surface area contributed by atoms with Crippen molar-refractivity contribution in [2.45, 2.75) is 33.1 Å². The third-order valence-electron chi connectivity index (χ3n) is 3.70. The Morgan fingerprint density at radius 1 is 1.12 bits per heavy atom. The van der Waals surface area contributed by atoms with Crippen molar-refractivity contribution in [2.75, 3.05) is 5.32 Å². The molecule has 0 unspecified atom stereocenters. The largest absolute Gasteiger partial charge is 0.438 e. The molecule has 7 heteroatoms. The lowest BCUT2D eigenvalue weighted by Gasteiger charge is -2.07. The van der Waals surface area contributed by atoms with Gasteiger partial charge in [-0.25, -0.2) is 4.68 Å². The zero-order valence-electron chi connectivity index (χ0n) is 14.8. The van der Waals surface area contributed by atoms with Gasteiger partial charge in [-0.1, -0.05) is 13.3 Å². The topological polar surface area (TPSA) is 81.9 Å². The fourth-order valence-corrected chi connectivity index (χ4v) is 2.32. The lowest BCUT2D eigenvalue weighted by molar-refractivity contribution is -0.116. The van der Waals surface area contributed by atoms with Gasteiger partial charge in [-0.2, -0.15) is 5.10 Å². The Balaban J connectivity index is 1.59. The van der Waals surface area contributed by atoms with Gasteiger partial charge in [-0.05, 0) is 49.7 Å². The average Bonchev–Trinajstić information content (AvgIpc) is 3.09. The number of hydrogen-bond donors (Lipinski definition) is 1. The number of ether oxygens (including phenoxy) is 1. The second kappa shape index (κ2) is 8.24. The lowest BCUT2D eigenvalue weighted by Crippen LogP contribution is -2.10. The normalized spacial score (nSPS) is 10.5. The Labute approximate surface area is 152 Å². The van der Waals surface area contributed by atoms with E-state index in [0.717, 1.165) is 24.2 Å². The van der Waals surface area contributed by atoms with Crippen LogP contribution in [0.4, 0.5) is 5.69 Å².